The van der Waals surface area contributed by atoms with Gasteiger partial charge in [0.1, 0.15) is 0 Å². The van der Waals surface area contributed by atoms with Crippen LogP contribution in [0.2, 0.25) is 0 Å². The molecule has 1 saturated heterocycles. The molecular formula is C14H23F2N3O2. The number of carbonyl (C=O) groups excluding carboxylic acids is 2. The van der Waals surface area contributed by atoms with Gasteiger partial charge in [-0.15, -0.1) is 0 Å². The maximum Gasteiger partial charge on any atom is 0.262 e. The maximum atomic E-state index is 12.9. The lowest BCUT2D eigenvalue weighted by molar-refractivity contribution is -0.124. The summed E-state index contributed by atoms with van der Waals surface area (Å²) in [5.74, 6) is -2.75. The molecule has 2 amide bonds. The molecule has 7 heteroatoms. The molecular weight excluding hydrogens is 280 g/mol. The van der Waals surface area contributed by atoms with Crippen molar-refractivity contribution in [1.29, 1.82) is 0 Å². The average molecular weight is 303 g/mol. The molecule has 0 aromatic heterocycles. The van der Waals surface area contributed by atoms with Crippen molar-refractivity contribution in [1.82, 2.24) is 16.0 Å². The molecule has 1 aliphatic heterocycles. The van der Waals surface area contributed by atoms with Gasteiger partial charge < -0.3 is 10.6 Å². The van der Waals surface area contributed by atoms with Gasteiger partial charge in [0, 0.05) is 25.9 Å². The molecule has 1 unspecified atom stereocenters. The van der Waals surface area contributed by atoms with E-state index in [1.165, 1.54) is 12.8 Å². The Bertz CT molecular complexity index is 384. The second-order valence-corrected chi connectivity index (χ2v) is 5.99. The molecule has 0 spiro atoms. The predicted molar refractivity (Wildman–Crippen MR) is 73.9 cm³/mol. The van der Waals surface area contributed by atoms with Gasteiger partial charge in [-0.25, -0.2) is 8.78 Å². The van der Waals surface area contributed by atoms with Crippen molar-refractivity contribution in [3.63, 3.8) is 0 Å². The largest absolute Gasteiger partial charge is 0.354 e. The lowest BCUT2D eigenvalue weighted by atomic mass is 10.0. The third-order valence-electron chi connectivity index (χ3n) is 4.12. The number of carbonyl (C=O) groups is 2. The first-order valence-electron chi connectivity index (χ1n) is 7.62. The van der Waals surface area contributed by atoms with Crippen LogP contribution in [-0.2, 0) is 9.59 Å². The van der Waals surface area contributed by atoms with Gasteiger partial charge in [-0.2, -0.15) is 0 Å². The minimum Gasteiger partial charge on any atom is -0.354 e. The molecule has 2 fully saturated rings. The van der Waals surface area contributed by atoms with Crippen LogP contribution < -0.4 is 16.0 Å². The van der Waals surface area contributed by atoms with E-state index >= 15 is 0 Å². The van der Waals surface area contributed by atoms with E-state index in [9.17, 15) is 18.4 Å². The molecule has 0 bridgehead atoms. The zero-order valence-electron chi connectivity index (χ0n) is 12.1. The summed E-state index contributed by atoms with van der Waals surface area (Å²) in [6, 6.07) is -0.839. The van der Waals surface area contributed by atoms with Crippen LogP contribution in [0.5, 0.6) is 0 Å². The summed E-state index contributed by atoms with van der Waals surface area (Å²) in [4.78, 5) is 23.3. The quantitative estimate of drug-likeness (QED) is 0.636. The van der Waals surface area contributed by atoms with E-state index in [2.05, 4.69) is 16.0 Å². The second-order valence-electron chi connectivity index (χ2n) is 5.99. The van der Waals surface area contributed by atoms with E-state index in [1.54, 1.807) is 0 Å². The zero-order chi connectivity index (χ0) is 15.3. The minimum absolute atomic E-state index is 0.00155. The van der Waals surface area contributed by atoms with Gasteiger partial charge in [0.2, 0.25) is 11.8 Å². The number of hydrogen-bond donors (Lipinski definition) is 3. The minimum atomic E-state index is -2.81. The highest BCUT2D eigenvalue weighted by atomic mass is 19.3. The Morgan fingerprint density at radius 1 is 1.14 bits per heavy atom. The van der Waals surface area contributed by atoms with Crippen LogP contribution in [0, 0.1) is 5.92 Å². The van der Waals surface area contributed by atoms with E-state index in [4.69, 9.17) is 0 Å². The van der Waals surface area contributed by atoms with Crippen molar-refractivity contribution in [2.75, 3.05) is 19.6 Å². The van der Waals surface area contributed by atoms with Crippen LogP contribution in [-0.4, -0.2) is 43.4 Å². The molecule has 2 aliphatic rings. The van der Waals surface area contributed by atoms with Gasteiger partial charge >= 0.3 is 0 Å². The summed E-state index contributed by atoms with van der Waals surface area (Å²) >= 11 is 0. The summed E-state index contributed by atoms with van der Waals surface area (Å²) in [6.45, 7) is 0.141. The van der Waals surface area contributed by atoms with E-state index < -0.39 is 30.8 Å². The zero-order valence-corrected chi connectivity index (χ0v) is 12.1. The van der Waals surface area contributed by atoms with Gasteiger partial charge in [0.25, 0.3) is 5.92 Å². The molecule has 5 nitrogen and oxygen atoms in total. The lowest BCUT2D eigenvalue weighted by Crippen LogP contribution is -2.43. The number of rotatable bonds is 6. The van der Waals surface area contributed by atoms with Gasteiger partial charge in [0.15, 0.2) is 0 Å². The Hall–Kier alpha value is -1.24. The molecule has 2 rings (SSSR count). The van der Waals surface area contributed by atoms with E-state index in [0.717, 1.165) is 12.8 Å². The molecule has 1 aliphatic carbocycles. The molecule has 0 aromatic carbocycles. The average Bonchev–Trinajstić information content (AvgIpc) is 3.04. The fourth-order valence-corrected chi connectivity index (χ4v) is 2.96. The molecule has 0 aromatic rings. The van der Waals surface area contributed by atoms with E-state index in [-0.39, 0.29) is 12.5 Å². The van der Waals surface area contributed by atoms with Crippen LogP contribution in [0.25, 0.3) is 0 Å². The van der Waals surface area contributed by atoms with Crippen molar-refractivity contribution < 1.29 is 18.4 Å². The molecule has 1 atom stereocenters. The number of alkyl halides is 2. The highest BCUT2D eigenvalue weighted by molar-refractivity contribution is 5.82. The molecule has 1 heterocycles. The van der Waals surface area contributed by atoms with E-state index in [0.29, 0.717) is 18.9 Å². The van der Waals surface area contributed by atoms with Gasteiger partial charge in [-0.1, -0.05) is 12.8 Å². The summed E-state index contributed by atoms with van der Waals surface area (Å²) in [5.41, 5.74) is 0. The summed E-state index contributed by atoms with van der Waals surface area (Å²) < 4.78 is 25.9. The first kappa shape index (κ1) is 16.1. The Morgan fingerprint density at radius 2 is 1.81 bits per heavy atom. The Labute approximate surface area is 123 Å². The SMILES string of the molecule is O=C(CC1CCCC1)NCCNC(=O)C1CC(F)(F)CN1. The normalized spacial score (nSPS) is 25.0. The lowest BCUT2D eigenvalue weighted by Gasteiger charge is -2.12. The molecule has 120 valence electrons. The van der Waals surface area contributed by atoms with Crippen molar-refractivity contribution in [3.05, 3.63) is 0 Å². The van der Waals surface area contributed by atoms with Gasteiger partial charge in [0.05, 0.1) is 12.6 Å². The molecule has 3 N–H and O–H groups in total. The van der Waals surface area contributed by atoms with Crippen LogP contribution in [0.3, 0.4) is 0 Å². The van der Waals surface area contributed by atoms with Crippen molar-refractivity contribution in [3.8, 4) is 0 Å². The Kier molecular flexibility index (Phi) is 5.50. The third kappa shape index (κ3) is 5.22. The fourth-order valence-electron chi connectivity index (χ4n) is 2.96. The number of nitrogens with one attached hydrogen (secondary N) is 3. The topological polar surface area (TPSA) is 70.2 Å². The molecule has 1 saturated carbocycles. The smallest absolute Gasteiger partial charge is 0.262 e. The van der Waals surface area contributed by atoms with Gasteiger partial charge in [-0.05, 0) is 18.8 Å². The fraction of sp³-hybridized carbons (Fsp3) is 0.857. The van der Waals surface area contributed by atoms with Crippen LogP contribution in [0.15, 0.2) is 0 Å². The standard InChI is InChI=1S/C14H23F2N3O2/c15-14(16)8-11(19-9-14)13(21)18-6-5-17-12(20)7-10-3-1-2-4-10/h10-11,19H,1-9H2,(H,17,20)(H,18,21). The van der Waals surface area contributed by atoms with Crippen LogP contribution in [0.4, 0.5) is 8.78 Å². The molecule has 0 radical (unpaired) electrons. The van der Waals surface area contributed by atoms with Crippen molar-refractivity contribution in [2.45, 2.75) is 50.5 Å². The number of halogens is 2. The van der Waals surface area contributed by atoms with Crippen LogP contribution >= 0.6 is 0 Å². The first-order valence-corrected chi connectivity index (χ1v) is 7.62. The monoisotopic (exact) mass is 303 g/mol. The first-order chi connectivity index (χ1) is 9.96. The molecule has 21 heavy (non-hydrogen) atoms. The van der Waals surface area contributed by atoms with E-state index in [1.807, 2.05) is 0 Å². The Morgan fingerprint density at radius 3 is 2.43 bits per heavy atom. The van der Waals surface area contributed by atoms with Crippen molar-refractivity contribution >= 4 is 11.8 Å². The summed E-state index contributed by atoms with van der Waals surface area (Å²) in [7, 11) is 0. The highest BCUT2D eigenvalue weighted by Gasteiger charge is 2.42. The van der Waals surface area contributed by atoms with Gasteiger partial charge in [-0.3, -0.25) is 14.9 Å². The number of amides is 2. The maximum absolute atomic E-state index is 12.9. The summed E-state index contributed by atoms with van der Waals surface area (Å²) in [6.07, 6.45) is 4.72. The third-order valence-corrected chi connectivity index (χ3v) is 4.12. The predicted octanol–water partition coefficient (Wildman–Crippen LogP) is 0.796. The van der Waals surface area contributed by atoms with Crippen molar-refractivity contribution in [2.24, 2.45) is 5.92 Å². The second kappa shape index (κ2) is 7.15. The summed E-state index contributed by atoms with van der Waals surface area (Å²) in [5, 5.41) is 7.81. The highest BCUT2D eigenvalue weighted by Crippen LogP contribution is 2.27. The van der Waals surface area contributed by atoms with Crippen LogP contribution in [0.1, 0.15) is 38.5 Å². The Balaban J connectivity index is 1.55. The number of hydrogen-bond acceptors (Lipinski definition) is 3.